The van der Waals surface area contributed by atoms with Crippen LogP contribution in [0.15, 0.2) is 42.5 Å². The van der Waals surface area contributed by atoms with E-state index in [-0.39, 0.29) is 19.2 Å². The molecule has 1 unspecified atom stereocenters. The third kappa shape index (κ3) is 4.32. The summed E-state index contributed by atoms with van der Waals surface area (Å²) in [6.45, 7) is 0.282. The fraction of sp³-hybridized carbons (Fsp3) is 0.294. The van der Waals surface area contributed by atoms with Crippen LogP contribution in [0.3, 0.4) is 0 Å². The van der Waals surface area contributed by atoms with Crippen LogP contribution in [0, 0.1) is 17.5 Å². The van der Waals surface area contributed by atoms with Crippen molar-refractivity contribution < 1.29 is 18.3 Å². The quantitative estimate of drug-likeness (QED) is 0.764. The lowest BCUT2D eigenvalue weighted by Gasteiger charge is -2.19. The number of aliphatic hydroxyl groups is 1. The van der Waals surface area contributed by atoms with Gasteiger partial charge in [-0.1, -0.05) is 30.3 Å². The van der Waals surface area contributed by atoms with Gasteiger partial charge in [0.15, 0.2) is 17.5 Å². The molecule has 2 nitrogen and oxygen atoms in total. The Balaban J connectivity index is 2.08. The maximum absolute atomic E-state index is 13.2. The third-order valence-corrected chi connectivity index (χ3v) is 3.45. The van der Waals surface area contributed by atoms with Crippen LogP contribution < -0.4 is 5.32 Å². The van der Waals surface area contributed by atoms with Gasteiger partial charge in [0.05, 0.1) is 0 Å². The lowest BCUT2D eigenvalue weighted by atomic mass is 10.0. The molecule has 1 atom stereocenters. The Hall–Kier alpha value is -1.85. The van der Waals surface area contributed by atoms with Gasteiger partial charge in [-0.25, -0.2) is 13.2 Å². The van der Waals surface area contributed by atoms with Crippen molar-refractivity contribution in [2.24, 2.45) is 0 Å². The second-order valence-corrected chi connectivity index (χ2v) is 5.08. The zero-order chi connectivity index (χ0) is 15.9. The van der Waals surface area contributed by atoms with Crippen LogP contribution in [0.4, 0.5) is 13.2 Å². The first kappa shape index (κ1) is 16.5. The minimum absolute atomic E-state index is 0.0514. The zero-order valence-electron chi connectivity index (χ0n) is 12.0. The molecule has 118 valence electrons. The Bertz CT molecular complexity index is 581. The molecule has 0 spiro atoms. The third-order valence-electron chi connectivity index (χ3n) is 3.45. The van der Waals surface area contributed by atoms with Gasteiger partial charge in [-0.15, -0.1) is 0 Å². The fourth-order valence-electron chi connectivity index (χ4n) is 2.32. The normalized spacial score (nSPS) is 12.4. The lowest BCUT2D eigenvalue weighted by molar-refractivity contribution is 0.275. The van der Waals surface area contributed by atoms with E-state index in [1.165, 1.54) is 0 Å². The summed E-state index contributed by atoms with van der Waals surface area (Å²) in [5.41, 5.74) is 1.36. The molecule has 0 saturated heterocycles. The van der Waals surface area contributed by atoms with Crippen LogP contribution >= 0.6 is 0 Å². The molecule has 2 aromatic carbocycles. The van der Waals surface area contributed by atoms with Crippen molar-refractivity contribution in [2.45, 2.75) is 25.4 Å². The molecule has 0 amide bonds. The van der Waals surface area contributed by atoms with Crippen molar-refractivity contribution in [3.8, 4) is 0 Å². The summed E-state index contributed by atoms with van der Waals surface area (Å²) in [6.07, 6.45) is 1.30. The molecule has 0 aliphatic carbocycles. The average Bonchev–Trinajstić information content (AvgIpc) is 2.53. The first-order chi connectivity index (χ1) is 10.6. The Labute approximate surface area is 127 Å². The molecular weight excluding hydrogens is 291 g/mol. The number of benzene rings is 2. The van der Waals surface area contributed by atoms with Gasteiger partial charge in [-0.3, -0.25) is 0 Å². The van der Waals surface area contributed by atoms with Crippen LogP contribution in [0.25, 0.3) is 0 Å². The van der Waals surface area contributed by atoms with Crippen molar-refractivity contribution in [3.05, 3.63) is 71.0 Å². The Morgan fingerprint density at radius 1 is 1.00 bits per heavy atom. The molecule has 5 heteroatoms. The van der Waals surface area contributed by atoms with E-state index in [4.69, 9.17) is 5.11 Å². The van der Waals surface area contributed by atoms with Crippen molar-refractivity contribution in [2.75, 3.05) is 6.61 Å². The number of hydrogen-bond acceptors (Lipinski definition) is 2. The van der Waals surface area contributed by atoms with E-state index in [0.717, 1.165) is 17.7 Å². The SMILES string of the molecule is OCCCC(NCc1cc(F)c(F)c(F)c1)c1ccccc1. The predicted octanol–water partition coefficient (Wildman–Crippen LogP) is 3.71. The maximum Gasteiger partial charge on any atom is 0.194 e. The van der Waals surface area contributed by atoms with Gasteiger partial charge in [-0.05, 0) is 36.1 Å². The summed E-state index contributed by atoms with van der Waals surface area (Å²) in [6, 6.07) is 11.5. The van der Waals surface area contributed by atoms with Crippen LogP contribution in [0.1, 0.15) is 30.0 Å². The molecular formula is C17H18F3NO. The molecule has 2 rings (SSSR count). The summed E-state index contributed by atoms with van der Waals surface area (Å²) < 4.78 is 39.4. The van der Waals surface area contributed by atoms with Crippen LogP contribution in [-0.2, 0) is 6.54 Å². The number of hydrogen-bond donors (Lipinski definition) is 2. The standard InChI is InChI=1S/C17H18F3NO/c18-14-9-12(10-15(19)17(14)20)11-21-16(7-4-8-22)13-5-2-1-3-6-13/h1-3,5-6,9-10,16,21-22H,4,7-8,11H2. The highest BCUT2D eigenvalue weighted by Crippen LogP contribution is 2.20. The molecule has 22 heavy (non-hydrogen) atoms. The van der Waals surface area contributed by atoms with Crippen LogP contribution in [0.2, 0.25) is 0 Å². The molecule has 0 saturated carbocycles. The van der Waals surface area contributed by atoms with E-state index in [0.29, 0.717) is 18.4 Å². The highest BCUT2D eigenvalue weighted by Gasteiger charge is 2.13. The summed E-state index contributed by atoms with van der Waals surface area (Å²) in [5.74, 6) is -3.84. The first-order valence-corrected chi connectivity index (χ1v) is 7.14. The Kier molecular flexibility index (Phi) is 5.98. The molecule has 0 fully saturated rings. The van der Waals surface area contributed by atoms with Crippen molar-refractivity contribution >= 4 is 0 Å². The van der Waals surface area contributed by atoms with E-state index >= 15 is 0 Å². The highest BCUT2D eigenvalue weighted by atomic mass is 19.2. The second-order valence-electron chi connectivity index (χ2n) is 5.08. The Morgan fingerprint density at radius 2 is 1.64 bits per heavy atom. The van der Waals surface area contributed by atoms with Crippen molar-refractivity contribution in [1.29, 1.82) is 0 Å². The minimum Gasteiger partial charge on any atom is -0.396 e. The van der Waals surface area contributed by atoms with E-state index < -0.39 is 17.5 Å². The van der Waals surface area contributed by atoms with Gasteiger partial charge in [-0.2, -0.15) is 0 Å². The summed E-state index contributed by atoms with van der Waals surface area (Å²) in [4.78, 5) is 0. The fourth-order valence-corrected chi connectivity index (χ4v) is 2.32. The average molecular weight is 309 g/mol. The van der Waals surface area contributed by atoms with Gasteiger partial charge in [0, 0.05) is 19.2 Å². The van der Waals surface area contributed by atoms with Gasteiger partial charge in [0.2, 0.25) is 0 Å². The summed E-state index contributed by atoms with van der Waals surface area (Å²) >= 11 is 0. The first-order valence-electron chi connectivity index (χ1n) is 7.14. The van der Waals surface area contributed by atoms with E-state index in [2.05, 4.69) is 5.32 Å². The van der Waals surface area contributed by atoms with E-state index in [9.17, 15) is 13.2 Å². The molecule has 0 aliphatic heterocycles. The molecule has 0 radical (unpaired) electrons. The largest absolute Gasteiger partial charge is 0.396 e. The monoisotopic (exact) mass is 309 g/mol. The van der Waals surface area contributed by atoms with Crippen molar-refractivity contribution in [3.63, 3.8) is 0 Å². The summed E-state index contributed by atoms with van der Waals surface area (Å²) in [5, 5.41) is 12.2. The molecule has 2 aromatic rings. The molecule has 2 N–H and O–H groups in total. The van der Waals surface area contributed by atoms with Gasteiger partial charge in [0.1, 0.15) is 0 Å². The molecule has 0 aliphatic rings. The van der Waals surface area contributed by atoms with Crippen LogP contribution in [-0.4, -0.2) is 11.7 Å². The number of nitrogens with one attached hydrogen (secondary N) is 1. The predicted molar refractivity (Wildman–Crippen MR) is 78.7 cm³/mol. The topological polar surface area (TPSA) is 32.3 Å². The van der Waals surface area contributed by atoms with E-state index in [1.54, 1.807) is 0 Å². The zero-order valence-corrected chi connectivity index (χ0v) is 12.0. The number of rotatable bonds is 7. The summed E-state index contributed by atoms with van der Waals surface area (Å²) in [7, 11) is 0. The number of halogens is 3. The molecule has 0 bridgehead atoms. The minimum atomic E-state index is -1.45. The second kappa shape index (κ2) is 7.96. The van der Waals surface area contributed by atoms with E-state index in [1.807, 2.05) is 30.3 Å². The van der Waals surface area contributed by atoms with Gasteiger partial charge >= 0.3 is 0 Å². The van der Waals surface area contributed by atoms with Crippen molar-refractivity contribution in [1.82, 2.24) is 5.32 Å². The lowest BCUT2D eigenvalue weighted by Crippen LogP contribution is -2.21. The molecule has 0 heterocycles. The Morgan fingerprint density at radius 3 is 2.23 bits per heavy atom. The smallest absolute Gasteiger partial charge is 0.194 e. The van der Waals surface area contributed by atoms with Gasteiger partial charge in [0.25, 0.3) is 0 Å². The maximum atomic E-state index is 13.2. The molecule has 0 aromatic heterocycles. The number of aliphatic hydroxyl groups excluding tert-OH is 1. The van der Waals surface area contributed by atoms with Gasteiger partial charge < -0.3 is 10.4 Å². The highest BCUT2D eigenvalue weighted by molar-refractivity contribution is 5.21. The van der Waals surface area contributed by atoms with Crippen LogP contribution in [0.5, 0.6) is 0 Å².